The van der Waals surface area contributed by atoms with E-state index in [0.29, 0.717) is 0 Å². The normalized spacial score (nSPS) is 40.0. The Morgan fingerprint density at radius 3 is 2.46 bits per heavy atom. The molecule has 11 nitrogen and oxygen atoms in total. The van der Waals surface area contributed by atoms with Crippen molar-refractivity contribution in [2.45, 2.75) is 43.4 Å². The quantitative estimate of drug-likeness (QED) is 0.318. The Balaban J connectivity index is 1.84. The lowest BCUT2D eigenvalue weighted by Gasteiger charge is -2.42. The van der Waals surface area contributed by atoms with E-state index >= 15 is 0 Å². The van der Waals surface area contributed by atoms with Crippen LogP contribution in [0.2, 0.25) is 0 Å². The largest absolute Gasteiger partial charge is 0.478 e. The highest BCUT2D eigenvalue weighted by Gasteiger charge is 2.51. The maximum atomic E-state index is 12.0. The molecule has 5 N–H and O–H groups in total. The molecular weight excluding hydrogens is 380 g/mol. The predicted octanol–water partition coefficient (Wildman–Crippen LogP) is -2.14. The van der Waals surface area contributed by atoms with Crippen molar-refractivity contribution in [3.05, 3.63) is 23.5 Å². The first-order valence-corrected chi connectivity index (χ1v) is 8.63. The van der Waals surface area contributed by atoms with Crippen molar-refractivity contribution in [1.29, 1.82) is 0 Å². The number of aliphatic hydroxyl groups excluding tert-OH is 4. The van der Waals surface area contributed by atoms with Crippen molar-refractivity contribution in [3.8, 4) is 0 Å². The standard InChI is InChI=1S/C17H22O11/c1-25-15(24)8-5-26-16(10-6(8)2-3-7(10)14(22)23)28-17-13(21)12(20)11(19)9(4-18)27-17/h3,5-6,9-13,16-21H,2,4H2,1H3,(H,22,23)/t6-,9-,10+,11-,12+,13-,16+,17+/m1/s1. The Bertz CT molecular complexity index is 685. The van der Waals surface area contributed by atoms with Gasteiger partial charge in [0.15, 0.2) is 6.29 Å². The van der Waals surface area contributed by atoms with Crippen molar-refractivity contribution in [2.24, 2.45) is 11.8 Å². The minimum Gasteiger partial charge on any atom is -0.478 e. The van der Waals surface area contributed by atoms with Gasteiger partial charge in [-0.05, 0) is 6.42 Å². The Morgan fingerprint density at radius 1 is 1.14 bits per heavy atom. The lowest BCUT2D eigenvalue weighted by Crippen LogP contribution is -2.60. The first-order chi connectivity index (χ1) is 13.3. The molecule has 1 saturated heterocycles. The summed E-state index contributed by atoms with van der Waals surface area (Å²) < 4.78 is 21.0. The molecule has 0 aromatic rings. The Morgan fingerprint density at radius 2 is 1.86 bits per heavy atom. The molecule has 2 heterocycles. The summed E-state index contributed by atoms with van der Waals surface area (Å²) in [4.78, 5) is 23.6. The number of carboxylic acids is 1. The highest BCUT2D eigenvalue weighted by Crippen LogP contribution is 2.44. The zero-order chi connectivity index (χ0) is 20.6. The van der Waals surface area contributed by atoms with Crippen molar-refractivity contribution in [3.63, 3.8) is 0 Å². The van der Waals surface area contributed by atoms with Crippen molar-refractivity contribution >= 4 is 11.9 Å². The third kappa shape index (κ3) is 3.52. The highest BCUT2D eigenvalue weighted by molar-refractivity contribution is 5.92. The maximum Gasteiger partial charge on any atom is 0.337 e. The van der Waals surface area contributed by atoms with Crippen LogP contribution in [0.4, 0.5) is 0 Å². The zero-order valence-corrected chi connectivity index (χ0v) is 14.9. The molecule has 28 heavy (non-hydrogen) atoms. The molecule has 1 fully saturated rings. The predicted molar refractivity (Wildman–Crippen MR) is 87.1 cm³/mol. The van der Waals surface area contributed by atoms with Crippen LogP contribution in [-0.2, 0) is 28.5 Å². The number of aliphatic carboxylic acids is 1. The molecular formula is C17H22O11. The molecule has 11 heteroatoms. The van der Waals surface area contributed by atoms with Crippen molar-refractivity contribution < 1.29 is 54.1 Å². The Labute approximate surface area is 159 Å². The fraction of sp³-hybridized carbons (Fsp3) is 0.647. The number of fused-ring (bicyclic) bond motifs is 1. The first kappa shape index (κ1) is 20.7. The number of hydrogen-bond donors (Lipinski definition) is 5. The number of aliphatic hydroxyl groups is 4. The first-order valence-electron chi connectivity index (χ1n) is 8.63. The van der Waals surface area contributed by atoms with Crippen LogP contribution in [0.1, 0.15) is 6.42 Å². The third-order valence-electron chi connectivity index (χ3n) is 5.19. The molecule has 0 aromatic carbocycles. The number of hydrogen-bond acceptors (Lipinski definition) is 10. The van der Waals surface area contributed by atoms with Gasteiger partial charge in [-0.25, -0.2) is 9.59 Å². The van der Waals surface area contributed by atoms with Crippen LogP contribution in [0.25, 0.3) is 0 Å². The fourth-order valence-corrected chi connectivity index (χ4v) is 3.70. The minimum atomic E-state index is -1.68. The van der Waals surface area contributed by atoms with E-state index in [9.17, 15) is 35.1 Å². The van der Waals surface area contributed by atoms with Gasteiger partial charge >= 0.3 is 11.9 Å². The van der Waals surface area contributed by atoms with E-state index in [-0.39, 0.29) is 17.6 Å². The third-order valence-corrected chi connectivity index (χ3v) is 5.19. The van der Waals surface area contributed by atoms with E-state index in [1.54, 1.807) is 0 Å². The minimum absolute atomic E-state index is 0.0332. The van der Waals surface area contributed by atoms with Gasteiger partial charge in [0.2, 0.25) is 6.29 Å². The molecule has 8 atom stereocenters. The summed E-state index contributed by atoms with van der Waals surface area (Å²) in [7, 11) is 1.19. The van der Waals surface area contributed by atoms with E-state index in [4.69, 9.17) is 18.9 Å². The van der Waals surface area contributed by atoms with Gasteiger partial charge < -0.3 is 44.5 Å². The van der Waals surface area contributed by atoms with Gasteiger partial charge in [0.05, 0.1) is 31.5 Å². The number of methoxy groups -OCH3 is 1. The average Bonchev–Trinajstić information content (AvgIpc) is 3.13. The molecule has 0 spiro atoms. The second-order valence-electron chi connectivity index (χ2n) is 6.74. The van der Waals surface area contributed by atoms with E-state index in [1.165, 1.54) is 13.2 Å². The van der Waals surface area contributed by atoms with Gasteiger partial charge in [-0.2, -0.15) is 0 Å². The van der Waals surface area contributed by atoms with Gasteiger partial charge in [-0.3, -0.25) is 0 Å². The highest BCUT2D eigenvalue weighted by atomic mass is 16.8. The van der Waals surface area contributed by atoms with Crippen LogP contribution < -0.4 is 0 Å². The van der Waals surface area contributed by atoms with Gasteiger partial charge in [-0.15, -0.1) is 0 Å². The van der Waals surface area contributed by atoms with E-state index in [0.717, 1.165) is 6.26 Å². The molecule has 0 saturated carbocycles. The van der Waals surface area contributed by atoms with Crippen molar-refractivity contribution in [2.75, 3.05) is 13.7 Å². The van der Waals surface area contributed by atoms with Crippen LogP contribution in [-0.4, -0.2) is 88.2 Å². The summed E-state index contributed by atoms with van der Waals surface area (Å²) in [5, 5.41) is 48.6. The molecule has 0 bridgehead atoms. The number of allylic oxidation sites excluding steroid dienone is 1. The number of ether oxygens (including phenoxy) is 4. The lowest BCUT2D eigenvalue weighted by molar-refractivity contribution is -0.339. The Hall–Kier alpha value is -2.02. The smallest absolute Gasteiger partial charge is 0.337 e. The summed E-state index contributed by atoms with van der Waals surface area (Å²) in [6.07, 6.45) is -6.06. The molecule has 156 valence electrons. The molecule has 0 aromatic heterocycles. The fourth-order valence-electron chi connectivity index (χ4n) is 3.70. The number of carbonyl (C=O) groups excluding carboxylic acids is 1. The Kier molecular flexibility index (Phi) is 6.03. The van der Waals surface area contributed by atoms with E-state index < -0.39 is 67.4 Å². The van der Waals surface area contributed by atoms with Gasteiger partial charge in [0.25, 0.3) is 0 Å². The lowest BCUT2D eigenvalue weighted by atomic mass is 9.83. The van der Waals surface area contributed by atoms with Gasteiger partial charge in [0, 0.05) is 11.5 Å². The average molecular weight is 402 g/mol. The second-order valence-corrected chi connectivity index (χ2v) is 6.74. The molecule has 3 aliphatic rings. The SMILES string of the molecule is COC(=O)C1=CO[C@@H](O[C@@H]2O[C@H](CO)[C@@H](O)[C@H](O)[C@H]2O)[C@@H]2C(C(=O)O)=CC[C@H]12. The molecule has 0 radical (unpaired) electrons. The molecule has 0 unspecified atom stereocenters. The molecule has 1 aliphatic carbocycles. The summed E-state index contributed by atoms with van der Waals surface area (Å²) in [6, 6.07) is 0. The molecule has 3 rings (SSSR count). The summed E-state index contributed by atoms with van der Waals surface area (Å²) >= 11 is 0. The number of rotatable bonds is 5. The number of carbonyl (C=O) groups is 2. The second kappa shape index (κ2) is 8.15. The monoisotopic (exact) mass is 402 g/mol. The zero-order valence-electron chi connectivity index (χ0n) is 14.9. The molecule has 2 aliphatic heterocycles. The van der Waals surface area contributed by atoms with E-state index in [1.807, 2.05) is 0 Å². The number of carboxylic acid groups (broad SMARTS) is 1. The summed E-state index contributed by atoms with van der Waals surface area (Å²) in [6.45, 7) is -0.644. The summed E-state index contributed by atoms with van der Waals surface area (Å²) in [5.74, 6) is -3.36. The molecule has 0 amide bonds. The topological polar surface area (TPSA) is 172 Å². The van der Waals surface area contributed by atoms with Crippen LogP contribution >= 0.6 is 0 Å². The number of esters is 1. The maximum absolute atomic E-state index is 12.0. The van der Waals surface area contributed by atoms with Crippen LogP contribution in [0, 0.1) is 11.8 Å². The van der Waals surface area contributed by atoms with E-state index in [2.05, 4.69) is 0 Å². The van der Waals surface area contributed by atoms with Gasteiger partial charge in [0.1, 0.15) is 24.4 Å². The van der Waals surface area contributed by atoms with Crippen LogP contribution in [0.15, 0.2) is 23.5 Å². The summed E-state index contributed by atoms with van der Waals surface area (Å²) in [5.41, 5.74) is 0.114. The van der Waals surface area contributed by atoms with Crippen molar-refractivity contribution in [1.82, 2.24) is 0 Å². The van der Waals surface area contributed by atoms with Crippen LogP contribution in [0.5, 0.6) is 0 Å². The van der Waals surface area contributed by atoms with Crippen LogP contribution in [0.3, 0.4) is 0 Å². The van der Waals surface area contributed by atoms with Gasteiger partial charge in [-0.1, -0.05) is 6.08 Å².